The predicted octanol–water partition coefficient (Wildman–Crippen LogP) is 2.12. The van der Waals surface area contributed by atoms with Crippen molar-refractivity contribution in [2.45, 2.75) is 75.7 Å². The normalized spacial score (nSPS) is 45.2. The van der Waals surface area contributed by atoms with Crippen molar-refractivity contribution in [3.8, 4) is 0 Å². The molecule has 7 atom stereocenters. The van der Waals surface area contributed by atoms with Crippen LogP contribution in [-0.4, -0.2) is 78.5 Å². The van der Waals surface area contributed by atoms with Gasteiger partial charge in [-0.15, -0.1) is 0 Å². The summed E-state index contributed by atoms with van der Waals surface area (Å²) in [4.78, 5) is 14.2. The van der Waals surface area contributed by atoms with Crippen molar-refractivity contribution in [2.75, 3.05) is 26.8 Å². The summed E-state index contributed by atoms with van der Waals surface area (Å²) >= 11 is 0. The molecule has 0 aromatic rings. The van der Waals surface area contributed by atoms with Gasteiger partial charge < -0.3 is 29.0 Å². The van der Waals surface area contributed by atoms with Gasteiger partial charge in [-0.05, 0) is 32.1 Å². The van der Waals surface area contributed by atoms with Gasteiger partial charge >= 0.3 is 6.09 Å². The third-order valence-electron chi connectivity index (χ3n) is 6.75. The number of likely N-dealkylation sites (tertiary alicyclic amines) is 1. The molecule has 7 unspecified atom stereocenters. The summed E-state index contributed by atoms with van der Waals surface area (Å²) in [5, 5.41) is 9.69. The number of β-amino-alcohol motifs (C(OH)–C–C–N with tert-alkyl or cyclic N) is 1. The van der Waals surface area contributed by atoms with Crippen LogP contribution in [0.5, 0.6) is 0 Å². The molecule has 0 aromatic carbocycles. The third-order valence-corrected chi connectivity index (χ3v) is 6.75. The fraction of sp³-hybridized carbons (Fsp3) is 0.857. The number of hydrogen-bond donors (Lipinski definition) is 1. The van der Waals surface area contributed by atoms with Gasteiger partial charge in [0.25, 0.3) is 0 Å². The Morgan fingerprint density at radius 1 is 1.36 bits per heavy atom. The number of rotatable bonds is 5. The van der Waals surface area contributed by atoms with Gasteiger partial charge in [-0.1, -0.05) is 26.0 Å². The zero-order valence-corrected chi connectivity index (χ0v) is 17.3. The van der Waals surface area contributed by atoms with Crippen molar-refractivity contribution in [1.29, 1.82) is 0 Å². The Labute approximate surface area is 166 Å². The first-order chi connectivity index (χ1) is 13.3. The van der Waals surface area contributed by atoms with Crippen LogP contribution in [0.3, 0.4) is 0 Å². The van der Waals surface area contributed by atoms with Crippen molar-refractivity contribution >= 4 is 6.09 Å². The summed E-state index contributed by atoms with van der Waals surface area (Å²) in [5.74, 6) is 0.469. The Bertz CT molecular complexity index is 632. The molecule has 3 saturated heterocycles. The van der Waals surface area contributed by atoms with Gasteiger partial charge in [-0.25, -0.2) is 4.79 Å². The lowest BCUT2D eigenvalue weighted by molar-refractivity contribution is -0.121. The lowest BCUT2D eigenvalue weighted by atomic mass is 9.68. The quantitative estimate of drug-likeness (QED) is 0.567. The van der Waals surface area contributed by atoms with Crippen molar-refractivity contribution in [1.82, 2.24) is 4.90 Å². The molecule has 3 aliphatic heterocycles. The van der Waals surface area contributed by atoms with E-state index < -0.39 is 6.10 Å². The maximum Gasteiger partial charge on any atom is 0.410 e. The average Bonchev–Trinajstić information content (AvgIpc) is 3.51. The smallest absolute Gasteiger partial charge is 0.410 e. The van der Waals surface area contributed by atoms with E-state index in [4.69, 9.17) is 18.9 Å². The number of epoxide rings is 2. The van der Waals surface area contributed by atoms with Crippen LogP contribution in [0.4, 0.5) is 4.79 Å². The Hall–Kier alpha value is -1.15. The molecule has 1 aliphatic carbocycles. The molecule has 4 aliphatic rings. The molecule has 0 radical (unpaired) electrons. The van der Waals surface area contributed by atoms with Gasteiger partial charge in [0.15, 0.2) is 0 Å². The zero-order valence-electron chi connectivity index (χ0n) is 17.3. The number of carbonyl (C=O) groups is 1. The second kappa shape index (κ2) is 7.27. The molecular weight excluding hydrogens is 362 g/mol. The number of aliphatic hydroxyl groups excluding tert-OH is 1. The Balaban J connectivity index is 1.48. The van der Waals surface area contributed by atoms with Crippen LogP contribution in [0.1, 0.15) is 40.0 Å². The molecule has 4 fully saturated rings. The first-order valence-electron chi connectivity index (χ1n) is 10.5. The number of amides is 1. The van der Waals surface area contributed by atoms with Crippen molar-refractivity contribution in [3.63, 3.8) is 0 Å². The highest BCUT2D eigenvalue weighted by Crippen LogP contribution is 2.59. The number of hydrogen-bond acceptors (Lipinski definition) is 6. The van der Waals surface area contributed by atoms with Gasteiger partial charge in [0.05, 0.1) is 18.6 Å². The van der Waals surface area contributed by atoms with E-state index in [0.717, 1.165) is 6.42 Å². The molecule has 7 nitrogen and oxygen atoms in total. The predicted molar refractivity (Wildman–Crippen MR) is 102 cm³/mol. The molecule has 28 heavy (non-hydrogen) atoms. The lowest BCUT2D eigenvalue weighted by Crippen LogP contribution is -2.56. The monoisotopic (exact) mass is 395 g/mol. The minimum absolute atomic E-state index is 0.00234. The first-order valence-corrected chi connectivity index (χ1v) is 10.5. The topological polar surface area (TPSA) is 84.1 Å². The summed E-state index contributed by atoms with van der Waals surface area (Å²) in [6.07, 6.45) is 5.02. The van der Waals surface area contributed by atoms with Gasteiger partial charge in [0.2, 0.25) is 0 Å². The molecule has 1 spiro atoms. The van der Waals surface area contributed by atoms with Gasteiger partial charge in [-0.2, -0.15) is 0 Å². The molecular formula is C21H33NO6. The van der Waals surface area contributed by atoms with E-state index >= 15 is 0 Å². The average molecular weight is 395 g/mol. The highest BCUT2D eigenvalue weighted by molar-refractivity contribution is 5.68. The highest BCUT2D eigenvalue weighted by atomic mass is 16.6. The van der Waals surface area contributed by atoms with E-state index in [-0.39, 0.29) is 41.5 Å². The number of aliphatic hydroxyl groups is 1. The Morgan fingerprint density at radius 2 is 2.11 bits per heavy atom. The summed E-state index contributed by atoms with van der Waals surface area (Å²) in [5.41, 5.74) is -0.611. The van der Waals surface area contributed by atoms with E-state index in [1.807, 2.05) is 0 Å². The molecule has 158 valence electrons. The minimum Gasteiger partial charge on any atom is -0.443 e. The van der Waals surface area contributed by atoms with Gasteiger partial charge in [0, 0.05) is 20.2 Å². The van der Waals surface area contributed by atoms with Crippen LogP contribution in [0.15, 0.2) is 12.2 Å². The SMILES string of the molecule is COC1C(OC(=O)N2CCC(O)C2)CCC2(CO2)C1C1(C)OC1C=CC(C)C. The third kappa shape index (κ3) is 3.58. The fourth-order valence-corrected chi connectivity index (χ4v) is 5.05. The number of ether oxygens (including phenoxy) is 4. The number of allylic oxidation sites excluding steroid dienone is 1. The van der Waals surface area contributed by atoms with Crippen LogP contribution in [0, 0.1) is 11.8 Å². The zero-order chi connectivity index (χ0) is 20.1. The van der Waals surface area contributed by atoms with Crippen molar-refractivity contribution in [2.24, 2.45) is 11.8 Å². The molecule has 1 amide bonds. The highest BCUT2D eigenvalue weighted by Gasteiger charge is 2.72. The molecule has 1 N–H and O–H groups in total. The van der Waals surface area contributed by atoms with Crippen LogP contribution >= 0.6 is 0 Å². The lowest BCUT2D eigenvalue weighted by Gasteiger charge is -2.42. The number of nitrogens with zero attached hydrogens (tertiary/aromatic N) is 1. The van der Waals surface area contributed by atoms with E-state index in [9.17, 15) is 9.90 Å². The summed E-state index contributed by atoms with van der Waals surface area (Å²) in [7, 11) is 1.67. The Morgan fingerprint density at radius 3 is 2.68 bits per heavy atom. The standard InChI is InChI=1S/C21H33NO6/c1-13(2)5-6-16-20(3,28-16)18-17(25-4)15(7-9-21(18)12-26-21)27-19(24)22-10-8-14(23)11-22/h5-6,13-18,23H,7-12H2,1-4H3. The van der Waals surface area contributed by atoms with Gasteiger partial charge in [0.1, 0.15) is 29.5 Å². The van der Waals surface area contributed by atoms with E-state index in [1.54, 1.807) is 12.0 Å². The van der Waals surface area contributed by atoms with E-state index in [1.165, 1.54) is 0 Å². The van der Waals surface area contributed by atoms with E-state index in [2.05, 4.69) is 32.9 Å². The molecule has 7 heteroatoms. The minimum atomic E-state index is -0.458. The van der Waals surface area contributed by atoms with Crippen LogP contribution in [0.25, 0.3) is 0 Å². The first kappa shape index (κ1) is 20.1. The maximum atomic E-state index is 12.6. The van der Waals surface area contributed by atoms with Crippen molar-refractivity contribution < 1.29 is 28.8 Å². The molecule has 1 saturated carbocycles. The second-order valence-electron chi connectivity index (χ2n) is 9.23. The summed E-state index contributed by atoms with van der Waals surface area (Å²) in [6.45, 7) is 7.97. The molecule has 0 aromatic heterocycles. The summed E-state index contributed by atoms with van der Waals surface area (Å²) < 4.78 is 23.8. The second-order valence-corrected chi connectivity index (χ2v) is 9.23. The molecule has 4 rings (SSSR count). The Kier molecular flexibility index (Phi) is 5.23. The number of carbonyl (C=O) groups excluding carboxylic acids is 1. The van der Waals surface area contributed by atoms with Gasteiger partial charge in [-0.3, -0.25) is 0 Å². The molecule has 0 bridgehead atoms. The summed E-state index contributed by atoms with van der Waals surface area (Å²) in [6, 6.07) is 0. The van der Waals surface area contributed by atoms with E-state index in [0.29, 0.717) is 38.5 Å². The van der Waals surface area contributed by atoms with Crippen molar-refractivity contribution in [3.05, 3.63) is 12.2 Å². The molecule has 3 heterocycles. The number of methoxy groups -OCH3 is 1. The maximum absolute atomic E-state index is 12.6. The fourth-order valence-electron chi connectivity index (χ4n) is 5.05. The van der Waals surface area contributed by atoms with Crippen LogP contribution in [0.2, 0.25) is 0 Å². The van der Waals surface area contributed by atoms with Crippen LogP contribution in [-0.2, 0) is 18.9 Å². The largest absolute Gasteiger partial charge is 0.443 e. The van der Waals surface area contributed by atoms with Crippen LogP contribution < -0.4 is 0 Å².